The lowest BCUT2D eigenvalue weighted by atomic mass is 10.2. The predicted molar refractivity (Wildman–Crippen MR) is 65.5 cm³/mol. The number of benzene rings is 1. The monoisotopic (exact) mass is 215 g/mol. The summed E-state index contributed by atoms with van der Waals surface area (Å²) in [5.74, 6) is 0. The lowest BCUT2D eigenvalue weighted by molar-refractivity contribution is 0.315. The van der Waals surface area contributed by atoms with Crippen molar-refractivity contribution in [1.82, 2.24) is 4.90 Å². The number of hydrogen-bond acceptors (Lipinski definition) is 3. The average molecular weight is 215 g/mol. The SMILES string of the molecule is CN(C)C1CCN(c2ccc(C#N)cc2)C1. The van der Waals surface area contributed by atoms with Crippen LogP contribution in [0.25, 0.3) is 0 Å². The van der Waals surface area contributed by atoms with Gasteiger partial charge in [-0.25, -0.2) is 0 Å². The Bertz CT molecular complexity index is 389. The van der Waals surface area contributed by atoms with E-state index >= 15 is 0 Å². The largest absolute Gasteiger partial charge is 0.370 e. The van der Waals surface area contributed by atoms with Gasteiger partial charge in [0.05, 0.1) is 11.6 Å². The van der Waals surface area contributed by atoms with Crippen molar-refractivity contribution in [2.75, 3.05) is 32.1 Å². The van der Waals surface area contributed by atoms with E-state index in [9.17, 15) is 0 Å². The van der Waals surface area contributed by atoms with Crippen molar-refractivity contribution >= 4 is 5.69 Å². The smallest absolute Gasteiger partial charge is 0.0991 e. The topological polar surface area (TPSA) is 30.3 Å². The second-order valence-corrected chi connectivity index (χ2v) is 4.51. The highest BCUT2D eigenvalue weighted by Crippen LogP contribution is 2.22. The molecule has 0 radical (unpaired) electrons. The maximum Gasteiger partial charge on any atom is 0.0991 e. The Balaban J connectivity index is 2.06. The molecule has 0 spiro atoms. The zero-order valence-corrected chi connectivity index (χ0v) is 9.85. The average Bonchev–Trinajstić information content (AvgIpc) is 2.78. The van der Waals surface area contributed by atoms with Gasteiger partial charge in [-0.2, -0.15) is 5.26 Å². The van der Waals surface area contributed by atoms with E-state index in [1.54, 1.807) is 0 Å². The first-order valence-corrected chi connectivity index (χ1v) is 5.62. The number of rotatable bonds is 2. The van der Waals surface area contributed by atoms with E-state index in [4.69, 9.17) is 5.26 Å². The fraction of sp³-hybridized carbons (Fsp3) is 0.462. The minimum atomic E-state index is 0.649. The van der Waals surface area contributed by atoms with Gasteiger partial charge in [-0.1, -0.05) is 0 Å². The summed E-state index contributed by atoms with van der Waals surface area (Å²) in [5, 5.41) is 8.74. The predicted octanol–water partition coefficient (Wildman–Crippen LogP) is 1.70. The van der Waals surface area contributed by atoms with E-state index < -0.39 is 0 Å². The zero-order valence-electron chi connectivity index (χ0n) is 9.85. The normalized spacial score (nSPS) is 20.1. The summed E-state index contributed by atoms with van der Waals surface area (Å²) >= 11 is 0. The van der Waals surface area contributed by atoms with Gasteiger partial charge in [0.25, 0.3) is 0 Å². The Morgan fingerprint density at radius 3 is 2.50 bits per heavy atom. The highest BCUT2D eigenvalue weighted by Gasteiger charge is 2.23. The van der Waals surface area contributed by atoms with Crippen LogP contribution in [0.2, 0.25) is 0 Å². The number of nitrogens with zero attached hydrogens (tertiary/aromatic N) is 3. The summed E-state index contributed by atoms with van der Waals surface area (Å²) in [4.78, 5) is 4.66. The summed E-state index contributed by atoms with van der Waals surface area (Å²) in [6.45, 7) is 2.19. The Labute approximate surface area is 96.9 Å². The Morgan fingerprint density at radius 2 is 2.00 bits per heavy atom. The Morgan fingerprint density at radius 1 is 1.31 bits per heavy atom. The van der Waals surface area contributed by atoms with Gasteiger partial charge >= 0.3 is 0 Å². The highest BCUT2D eigenvalue weighted by molar-refractivity contribution is 5.50. The maximum absolute atomic E-state index is 8.74. The zero-order chi connectivity index (χ0) is 11.5. The van der Waals surface area contributed by atoms with Crippen LogP contribution in [0, 0.1) is 11.3 Å². The molecular weight excluding hydrogens is 198 g/mol. The molecule has 0 saturated carbocycles. The van der Waals surface area contributed by atoms with Crippen molar-refractivity contribution < 1.29 is 0 Å². The van der Waals surface area contributed by atoms with Crippen molar-refractivity contribution in [2.24, 2.45) is 0 Å². The van der Waals surface area contributed by atoms with Crippen LogP contribution >= 0.6 is 0 Å². The minimum Gasteiger partial charge on any atom is -0.370 e. The van der Waals surface area contributed by atoms with E-state index in [-0.39, 0.29) is 0 Å². The second-order valence-electron chi connectivity index (χ2n) is 4.51. The van der Waals surface area contributed by atoms with Gasteiger partial charge in [0.2, 0.25) is 0 Å². The number of nitriles is 1. The minimum absolute atomic E-state index is 0.649. The first kappa shape index (κ1) is 11.0. The van der Waals surface area contributed by atoms with Crippen molar-refractivity contribution in [3.8, 4) is 6.07 Å². The lowest BCUT2D eigenvalue weighted by Crippen LogP contribution is -2.31. The molecule has 1 fully saturated rings. The van der Waals surface area contributed by atoms with Crippen LogP contribution < -0.4 is 4.90 Å². The molecule has 1 unspecified atom stereocenters. The molecule has 0 bridgehead atoms. The van der Waals surface area contributed by atoms with Gasteiger partial charge in [-0.3, -0.25) is 0 Å². The van der Waals surface area contributed by atoms with Gasteiger partial charge < -0.3 is 9.80 Å². The van der Waals surface area contributed by atoms with Crippen molar-refractivity contribution in [3.05, 3.63) is 29.8 Å². The lowest BCUT2D eigenvalue weighted by Gasteiger charge is -2.21. The van der Waals surface area contributed by atoms with E-state index in [0.29, 0.717) is 6.04 Å². The first-order chi connectivity index (χ1) is 7.70. The highest BCUT2D eigenvalue weighted by atomic mass is 15.2. The molecule has 16 heavy (non-hydrogen) atoms. The Kier molecular flexibility index (Phi) is 3.12. The van der Waals surface area contributed by atoms with Crippen LogP contribution in [-0.2, 0) is 0 Å². The quantitative estimate of drug-likeness (QED) is 0.752. The molecule has 0 N–H and O–H groups in total. The molecule has 1 atom stereocenters. The molecule has 1 saturated heterocycles. The molecule has 0 amide bonds. The third-order valence-corrected chi connectivity index (χ3v) is 3.26. The number of likely N-dealkylation sites (N-methyl/N-ethyl adjacent to an activating group) is 1. The fourth-order valence-corrected chi connectivity index (χ4v) is 2.14. The van der Waals surface area contributed by atoms with Gasteiger partial charge in [-0.05, 0) is 44.8 Å². The summed E-state index contributed by atoms with van der Waals surface area (Å²) in [5.41, 5.74) is 1.95. The third-order valence-electron chi connectivity index (χ3n) is 3.26. The molecule has 1 aliphatic heterocycles. The maximum atomic E-state index is 8.74. The van der Waals surface area contributed by atoms with Gasteiger partial charge in [-0.15, -0.1) is 0 Å². The molecule has 2 rings (SSSR count). The van der Waals surface area contributed by atoms with Crippen LogP contribution in [0.3, 0.4) is 0 Å². The number of anilines is 1. The van der Waals surface area contributed by atoms with E-state index in [1.807, 2.05) is 24.3 Å². The van der Waals surface area contributed by atoms with Gasteiger partial charge in [0, 0.05) is 24.8 Å². The molecule has 1 aromatic carbocycles. The van der Waals surface area contributed by atoms with Crippen molar-refractivity contribution in [3.63, 3.8) is 0 Å². The van der Waals surface area contributed by atoms with Gasteiger partial charge in [0.15, 0.2) is 0 Å². The van der Waals surface area contributed by atoms with Gasteiger partial charge in [0.1, 0.15) is 0 Å². The van der Waals surface area contributed by atoms with Crippen LogP contribution in [0.15, 0.2) is 24.3 Å². The molecule has 1 aliphatic rings. The molecule has 3 heteroatoms. The standard InChI is InChI=1S/C13H17N3/c1-15(2)13-7-8-16(10-13)12-5-3-11(9-14)4-6-12/h3-6,13H,7-8,10H2,1-2H3. The summed E-state index contributed by atoms with van der Waals surface area (Å²) < 4.78 is 0. The third kappa shape index (κ3) is 2.17. The molecule has 0 aromatic heterocycles. The second kappa shape index (κ2) is 4.54. The van der Waals surface area contributed by atoms with E-state index in [1.165, 1.54) is 12.1 Å². The molecule has 0 aliphatic carbocycles. The number of hydrogen-bond donors (Lipinski definition) is 0. The molecule has 3 nitrogen and oxygen atoms in total. The molecule has 1 heterocycles. The van der Waals surface area contributed by atoms with Crippen LogP contribution in [0.5, 0.6) is 0 Å². The van der Waals surface area contributed by atoms with E-state index in [0.717, 1.165) is 18.7 Å². The summed E-state index contributed by atoms with van der Waals surface area (Å²) in [6.07, 6.45) is 1.22. The molecular formula is C13H17N3. The van der Waals surface area contributed by atoms with Crippen molar-refractivity contribution in [2.45, 2.75) is 12.5 Å². The molecule has 84 valence electrons. The summed E-state index contributed by atoms with van der Waals surface area (Å²) in [7, 11) is 4.26. The van der Waals surface area contributed by atoms with Crippen LogP contribution in [0.4, 0.5) is 5.69 Å². The summed E-state index contributed by atoms with van der Waals surface area (Å²) in [6, 6.07) is 10.6. The first-order valence-electron chi connectivity index (χ1n) is 5.62. The molecule has 1 aromatic rings. The Hall–Kier alpha value is -1.53. The van der Waals surface area contributed by atoms with Crippen molar-refractivity contribution in [1.29, 1.82) is 5.26 Å². The fourth-order valence-electron chi connectivity index (χ4n) is 2.14. The van der Waals surface area contributed by atoms with Crippen LogP contribution in [-0.4, -0.2) is 38.1 Å². The van der Waals surface area contributed by atoms with Crippen LogP contribution in [0.1, 0.15) is 12.0 Å². The van der Waals surface area contributed by atoms with E-state index in [2.05, 4.69) is 30.0 Å².